The molecule has 1 fully saturated rings. The van der Waals surface area contributed by atoms with Gasteiger partial charge in [-0.25, -0.2) is 9.97 Å². The monoisotopic (exact) mass is 299 g/mol. The highest BCUT2D eigenvalue weighted by Gasteiger charge is 2.23. The van der Waals surface area contributed by atoms with Gasteiger partial charge in [-0.2, -0.15) is 0 Å². The van der Waals surface area contributed by atoms with E-state index in [1.54, 1.807) is 18.6 Å². The number of nitrogens with zero attached hydrogens (tertiary/aromatic N) is 4. The van der Waals surface area contributed by atoms with Gasteiger partial charge in [0.05, 0.1) is 11.9 Å². The topological polar surface area (TPSA) is 74.8 Å². The Labute approximate surface area is 130 Å². The molecule has 2 aromatic heterocycles. The van der Waals surface area contributed by atoms with Crippen LogP contribution in [0, 0.1) is 5.92 Å². The fourth-order valence-electron chi connectivity index (χ4n) is 3.00. The van der Waals surface area contributed by atoms with Crippen molar-refractivity contribution >= 4 is 5.91 Å². The van der Waals surface area contributed by atoms with Crippen molar-refractivity contribution in [1.82, 2.24) is 24.8 Å². The molecule has 6 nitrogen and oxygen atoms in total. The lowest BCUT2D eigenvalue weighted by Crippen LogP contribution is -2.40. The van der Waals surface area contributed by atoms with Crippen LogP contribution in [0.5, 0.6) is 0 Å². The van der Waals surface area contributed by atoms with Crippen molar-refractivity contribution < 1.29 is 4.79 Å². The van der Waals surface area contributed by atoms with E-state index in [0.29, 0.717) is 12.3 Å². The van der Waals surface area contributed by atoms with Crippen molar-refractivity contribution in [1.29, 1.82) is 0 Å². The molecule has 3 rings (SSSR count). The number of imidazole rings is 1. The first kappa shape index (κ1) is 14.7. The predicted molar refractivity (Wildman–Crippen MR) is 82.9 cm³/mol. The lowest BCUT2D eigenvalue weighted by Gasteiger charge is -2.32. The minimum atomic E-state index is 0.250. The van der Waals surface area contributed by atoms with E-state index in [1.165, 1.54) is 0 Å². The summed E-state index contributed by atoms with van der Waals surface area (Å²) in [5.74, 6) is 1.45. The summed E-state index contributed by atoms with van der Waals surface area (Å²) in [6, 6.07) is 0. The van der Waals surface area contributed by atoms with Gasteiger partial charge in [0.15, 0.2) is 5.82 Å². The van der Waals surface area contributed by atoms with Gasteiger partial charge >= 0.3 is 0 Å². The van der Waals surface area contributed by atoms with Gasteiger partial charge in [0.25, 0.3) is 0 Å². The molecule has 1 saturated heterocycles. The van der Waals surface area contributed by atoms with E-state index in [2.05, 4.69) is 19.9 Å². The number of hydrogen-bond donors (Lipinski definition) is 1. The Kier molecular flexibility index (Phi) is 4.46. The number of nitrogens with one attached hydrogen (secondary N) is 1. The smallest absolute Gasteiger partial charge is 0.222 e. The molecule has 0 aliphatic carbocycles. The van der Waals surface area contributed by atoms with Crippen molar-refractivity contribution in [2.75, 3.05) is 13.1 Å². The summed E-state index contributed by atoms with van der Waals surface area (Å²) in [7, 11) is 0. The maximum absolute atomic E-state index is 11.9. The van der Waals surface area contributed by atoms with E-state index >= 15 is 0 Å². The molecule has 0 radical (unpaired) electrons. The largest absolute Gasteiger partial charge is 0.343 e. The molecule has 6 heteroatoms. The molecule has 3 heterocycles. The zero-order valence-corrected chi connectivity index (χ0v) is 12.8. The molecule has 0 bridgehead atoms. The fraction of sp³-hybridized carbons (Fsp3) is 0.500. The van der Waals surface area contributed by atoms with E-state index in [-0.39, 0.29) is 5.91 Å². The van der Waals surface area contributed by atoms with Crippen LogP contribution in [0.4, 0.5) is 0 Å². The van der Waals surface area contributed by atoms with Crippen LogP contribution in [-0.4, -0.2) is 43.8 Å². The quantitative estimate of drug-likeness (QED) is 0.937. The molecular weight excluding hydrogens is 278 g/mol. The van der Waals surface area contributed by atoms with Crippen LogP contribution in [0.15, 0.2) is 24.8 Å². The summed E-state index contributed by atoms with van der Waals surface area (Å²) in [5.41, 5.74) is 1.73. The van der Waals surface area contributed by atoms with Gasteiger partial charge in [-0.1, -0.05) is 6.92 Å². The Hall–Kier alpha value is -2.24. The van der Waals surface area contributed by atoms with Crippen molar-refractivity contribution in [3.05, 3.63) is 30.5 Å². The van der Waals surface area contributed by atoms with E-state index < -0.39 is 0 Å². The van der Waals surface area contributed by atoms with Gasteiger partial charge in [-0.05, 0) is 25.2 Å². The third-order valence-electron chi connectivity index (χ3n) is 4.10. The van der Waals surface area contributed by atoms with Crippen LogP contribution < -0.4 is 0 Å². The Bertz CT molecular complexity index is 625. The van der Waals surface area contributed by atoms with Gasteiger partial charge in [-0.15, -0.1) is 0 Å². The molecule has 0 aromatic carbocycles. The van der Waals surface area contributed by atoms with Gasteiger partial charge < -0.3 is 9.88 Å². The van der Waals surface area contributed by atoms with Gasteiger partial charge in [-0.3, -0.25) is 9.78 Å². The molecule has 0 spiro atoms. The van der Waals surface area contributed by atoms with Crippen molar-refractivity contribution in [2.24, 2.45) is 5.92 Å². The average molecular weight is 299 g/mol. The van der Waals surface area contributed by atoms with Gasteiger partial charge in [0, 0.05) is 38.1 Å². The number of hydrogen-bond acceptors (Lipinski definition) is 4. The van der Waals surface area contributed by atoms with Gasteiger partial charge in [0.2, 0.25) is 5.91 Å². The predicted octanol–water partition coefficient (Wildman–Crippen LogP) is 2.06. The minimum absolute atomic E-state index is 0.250. The number of piperidine rings is 1. The molecule has 1 aliphatic rings. The molecule has 22 heavy (non-hydrogen) atoms. The number of carbonyl (C=O) groups excluding carboxylic acids is 1. The first-order valence-corrected chi connectivity index (χ1v) is 7.84. The highest BCUT2D eigenvalue weighted by atomic mass is 16.2. The third-order valence-corrected chi connectivity index (χ3v) is 4.10. The number of amides is 1. The van der Waals surface area contributed by atoms with E-state index in [1.807, 2.05) is 18.0 Å². The number of rotatable bonds is 4. The third kappa shape index (κ3) is 3.32. The van der Waals surface area contributed by atoms with Crippen molar-refractivity contribution in [2.45, 2.75) is 32.6 Å². The molecule has 1 atom stereocenters. The lowest BCUT2D eigenvalue weighted by molar-refractivity contribution is -0.132. The zero-order chi connectivity index (χ0) is 15.4. The van der Waals surface area contributed by atoms with E-state index in [4.69, 9.17) is 0 Å². The van der Waals surface area contributed by atoms with Crippen molar-refractivity contribution in [3.63, 3.8) is 0 Å². The molecule has 2 aromatic rings. The summed E-state index contributed by atoms with van der Waals surface area (Å²) >= 11 is 0. The second-order valence-corrected chi connectivity index (χ2v) is 5.74. The Balaban J connectivity index is 1.68. The maximum Gasteiger partial charge on any atom is 0.222 e. The highest BCUT2D eigenvalue weighted by molar-refractivity contribution is 5.75. The minimum Gasteiger partial charge on any atom is -0.343 e. The van der Waals surface area contributed by atoms with Crippen LogP contribution in [0.3, 0.4) is 0 Å². The van der Waals surface area contributed by atoms with Gasteiger partial charge in [0.1, 0.15) is 5.69 Å². The Morgan fingerprint density at radius 2 is 2.36 bits per heavy atom. The second-order valence-electron chi connectivity index (χ2n) is 5.74. The summed E-state index contributed by atoms with van der Waals surface area (Å²) in [4.78, 5) is 30.0. The molecule has 1 aliphatic heterocycles. The number of carbonyl (C=O) groups is 1. The molecule has 116 valence electrons. The van der Waals surface area contributed by atoms with Crippen LogP contribution in [0.25, 0.3) is 11.5 Å². The summed E-state index contributed by atoms with van der Waals surface area (Å²) in [6.07, 6.45) is 10.7. The summed E-state index contributed by atoms with van der Waals surface area (Å²) in [6.45, 7) is 3.64. The second kappa shape index (κ2) is 6.68. The van der Waals surface area contributed by atoms with Crippen LogP contribution >= 0.6 is 0 Å². The van der Waals surface area contributed by atoms with Crippen LogP contribution in [0.2, 0.25) is 0 Å². The first-order chi connectivity index (χ1) is 10.8. The van der Waals surface area contributed by atoms with Crippen molar-refractivity contribution in [3.8, 4) is 11.5 Å². The number of aromatic amines is 1. The fourth-order valence-corrected chi connectivity index (χ4v) is 3.00. The molecular formula is C16H21N5O. The van der Waals surface area contributed by atoms with E-state index in [0.717, 1.165) is 49.6 Å². The Morgan fingerprint density at radius 1 is 1.45 bits per heavy atom. The summed E-state index contributed by atoms with van der Waals surface area (Å²) < 4.78 is 0. The number of H-pyrrole nitrogens is 1. The van der Waals surface area contributed by atoms with Crippen LogP contribution in [0.1, 0.15) is 31.9 Å². The number of aromatic nitrogens is 4. The molecule has 1 amide bonds. The van der Waals surface area contributed by atoms with Crippen LogP contribution in [-0.2, 0) is 11.2 Å². The van der Waals surface area contributed by atoms with E-state index in [9.17, 15) is 4.79 Å². The molecule has 0 saturated carbocycles. The standard InChI is InChI=1S/C16H21N5O/c1-2-15(22)21-7-3-4-12(11-21)8-13-9-17-10-14(20-13)16-18-5-6-19-16/h5-6,9-10,12H,2-4,7-8,11H2,1H3,(H,18,19)/t12-/m1/s1. The number of likely N-dealkylation sites (tertiary alicyclic amines) is 1. The highest BCUT2D eigenvalue weighted by Crippen LogP contribution is 2.21. The Morgan fingerprint density at radius 3 is 3.14 bits per heavy atom. The average Bonchev–Trinajstić information content (AvgIpc) is 3.09. The normalized spacial score (nSPS) is 18.4. The molecule has 1 N–H and O–H groups in total. The zero-order valence-electron chi connectivity index (χ0n) is 12.8. The summed E-state index contributed by atoms with van der Waals surface area (Å²) in [5, 5.41) is 0. The lowest BCUT2D eigenvalue weighted by atomic mass is 9.93. The first-order valence-electron chi connectivity index (χ1n) is 7.84. The molecule has 0 unspecified atom stereocenters. The SMILES string of the molecule is CCC(=O)N1CCC[C@H](Cc2cncc(-c3ncc[nH]3)n2)C1. The maximum atomic E-state index is 11.9.